The maximum absolute atomic E-state index is 12.8. The number of nitrogens with zero attached hydrogens (tertiary/aromatic N) is 1. The summed E-state index contributed by atoms with van der Waals surface area (Å²) in [5, 5.41) is 13.0. The molecule has 2 amide bonds. The van der Waals surface area contributed by atoms with Crippen molar-refractivity contribution in [1.82, 2.24) is 4.90 Å². The molecule has 1 aromatic rings. The Bertz CT molecular complexity index is 833. The van der Waals surface area contributed by atoms with Gasteiger partial charge in [-0.1, -0.05) is 6.42 Å². The van der Waals surface area contributed by atoms with E-state index in [1.807, 2.05) is 23.1 Å². The molecule has 1 aromatic carbocycles. The Hall–Kier alpha value is -2.12. The van der Waals surface area contributed by atoms with Crippen LogP contribution in [0.15, 0.2) is 18.2 Å². The molecule has 7 nitrogen and oxygen atoms in total. The molecular weight excluding hydrogens is 396 g/mol. The molecule has 0 unspecified atom stereocenters. The van der Waals surface area contributed by atoms with Gasteiger partial charge in [0.1, 0.15) is 18.0 Å². The average molecular weight is 429 g/mol. The van der Waals surface area contributed by atoms with Crippen LogP contribution in [0.1, 0.15) is 62.8 Å². The van der Waals surface area contributed by atoms with Gasteiger partial charge in [0.2, 0.25) is 11.8 Å². The third kappa shape index (κ3) is 4.17. The fraction of sp³-hybridized carbons (Fsp3) is 0.667. The summed E-state index contributed by atoms with van der Waals surface area (Å²) in [6.07, 6.45) is 6.43. The van der Waals surface area contributed by atoms with Gasteiger partial charge in [-0.15, -0.1) is 0 Å². The van der Waals surface area contributed by atoms with E-state index in [0.717, 1.165) is 62.2 Å². The van der Waals surface area contributed by atoms with E-state index >= 15 is 0 Å². The smallest absolute Gasteiger partial charge is 0.227 e. The molecule has 0 radical (unpaired) electrons. The number of carbonyl (C=O) groups is 2. The maximum Gasteiger partial charge on any atom is 0.227 e. The third-order valence-corrected chi connectivity index (χ3v) is 7.35. The number of piperidine rings is 1. The summed E-state index contributed by atoms with van der Waals surface area (Å²) in [7, 11) is 0. The van der Waals surface area contributed by atoms with Gasteiger partial charge in [-0.2, -0.15) is 0 Å². The van der Waals surface area contributed by atoms with Gasteiger partial charge in [-0.3, -0.25) is 9.59 Å². The Kier molecular flexibility index (Phi) is 5.89. The molecule has 31 heavy (non-hydrogen) atoms. The Morgan fingerprint density at radius 3 is 2.65 bits per heavy atom. The van der Waals surface area contributed by atoms with Crippen LogP contribution < -0.4 is 10.1 Å². The van der Waals surface area contributed by atoms with Gasteiger partial charge >= 0.3 is 0 Å². The van der Waals surface area contributed by atoms with Crippen molar-refractivity contribution in [3.63, 3.8) is 0 Å². The summed E-state index contributed by atoms with van der Waals surface area (Å²) in [6.45, 7) is 1.52. The molecule has 1 aliphatic carbocycles. The molecule has 5 rings (SSSR count). The van der Waals surface area contributed by atoms with Crippen molar-refractivity contribution in [3.05, 3.63) is 23.8 Å². The van der Waals surface area contributed by atoms with Crippen molar-refractivity contribution in [2.75, 3.05) is 25.0 Å². The number of benzene rings is 1. The molecule has 0 spiro atoms. The highest BCUT2D eigenvalue weighted by Gasteiger charge is 2.46. The minimum Gasteiger partial charge on any atom is -0.487 e. The first-order chi connectivity index (χ1) is 15.1. The molecule has 2 saturated heterocycles. The van der Waals surface area contributed by atoms with Crippen molar-refractivity contribution >= 4 is 17.5 Å². The van der Waals surface area contributed by atoms with Crippen LogP contribution in [-0.4, -0.2) is 59.8 Å². The van der Waals surface area contributed by atoms with E-state index in [9.17, 15) is 14.7 Å². The number of anilines is 1. The molecule has 0 aromatic heterocycles. The molecule has 4 atom stereocenters. The standard InChI is InChI=1S/C24H32N2O5/c27-14-21-23-19(12-17(30-21)13-22(28)26-9-2-1-3-10-26)18-11-16(7-8-20(18)31-23)25-24(29)15-5-4-6-15/h7-8,11,15,17,19,21,23,27H,1-6,9-10,12-14H2,(H,25,29)/t17-,19-,21-,23+/m0/s1. The third-order valence-electron chi connectivity index (χ3n) is 7.35. The molecule has 168 valence electrons. The van der Waals surface area contributed by atoms with Gasteiger partial charge in [0.05, 0.1) is 19.1 Å². The van der Waals surface area contributed by atoms with Crippen LogP contribution >= 0.6 is 0 Å². The Labute approximate surface area is 183 Å². The van der Waals surface area contributed by atoms with Gasteiger partial charge in [0.15, 0.2) is 0 Å². The van der Waals surface area contributed by atoms with E-state index in [1.165, 1.54) is 6.42 Å². The maximum atomic E-state index is 12.8. The number of hydrogen-bond acceptors (Lipinski definition) is 5. The summed E-state index contributed by atoms with van der Waals surface area (Å²) < 4.78 is 12.2. The molecule has 4 aliphatic rings. The molecular formula is C24H32N2O5. The second-order valence-electron chi connectivity index (χ2n) is 9.42. The van der Waals surface area contributed by atoms with E-state index in [0.29, 0.717) is 12.8 Å². The van der Waals surface area contributed by atoms with Gasteiger partial charge in [0.25, 0.3) is 0 Å². The summed E-state index contributed by atoms with van der Waals surface area (Å²) >= 11 is 0. The molecule has 0 bridgehead atoms. The normalized spacial score (nSPS) is 30.0. The number of hydrogen-bond donors (Lipinski definition) is 2. The first kappa shape index (κ1) is 20.8. The highest BCUT2D eigenvalue weighted by atomic mass is 16.6. The lowest BCUT2D eigenvalue weighted by Gasteiger charge is -2.38. The van der Waals surface area contributed by atoms with Crippen molar-refractivity contribution in [2.24, 2.45) is 5.92 Å². The average Bonchev–Trinajstić information content (AvgIpc) is 3.10. The van der Waals surface area contributed by atoms with Crippen molar-refractivity contribution in [3.8, 4) is 5.75 Å². The number of nitrogens with one attached hydrogen (secondary N) is 1. The van der Waals surface area contributed by atoms with Crippen molar-refractivity contribution in [2.45, 2.75) is 75.6 Å². The molecule has 2 N–H and O–H groups in total. The van der Waals surface area contributed by atoms with Crippen LogP contribution in [0.25, 0.3) is 0 Å². The lowest BCUT2D eigenvalue weighted by Crippen LogP contribution is -2.48. The van der Waals surface area contributed by atoms with E-state index in [-0.39, 0.29) is 42.5 Å². The number of ether oxygens (including phenoxy) is 2. The van der Waals surface area contributed by atoms with Crippen LogP contribution in [0.4, 0.5) is 5.69 Å². The van der Waals surface area contributed by atoms with Gasteiger partial charge in [-0.25, -0.2) is 0 Å². The van der Waals surface area contributed by atoms with Crippen LogP contribution in [0.3, 0.4) is 0 Å². The first-order valence-corrected chi connectivity index (χ1v) is 11.8. The van der Waals surface area contributed by atoms with Crippen molar-refractivity contribution < 1.29 is 24.2 Å². The summed E-state index contributed by atoms with van der Waals surface area (Å²) in [6, 6.07) is 5.77. The molecule has 7 heteroatoms. The fourth-order valence-corrected chi connectivity index (χ4v) is 5.35. The molecule has 1 saturated carbocycles. The van der Waals surface area contributed by atoms with E-state index in [4.69, 9.17) is 9.47 Å². The molecule has 3 aliphatic heterocycles. The van der Waals surface area contributed by atoms with E-state index in [1.54, 1.807) is 0 Å². The topological polar surface area (TPSA) is 88.1 Å². The van der Waals surface area contributed by atoms with Gasteiger partial charge in [-0.05, 0) is 56.7 Å². The van der Waals surface area contributed by atoms with E-state index in [2.05, 4.69) is 5.32 Å². The summed E-state index contributed by atoms with van der Waals surface area (Å²) in [5.74, 6) is 1.18. The Morgan fingerprint density at radius 2 is 1.94 bits per heavy atom. The zero-order valence-electron chi connectivity index (χ0n) is 17.9. The Balaban J connectivity index is 1.29. The SMILES string of the molecule is O=C(Nc1ccc2c(c1)[C@@H]1C[C@@H](CC(=O)N3CCCCC3)O[C@@H](CO)[C@@H]1O2)C1CCC1. The highest BCUT2D eigenvalue weighted by molar-refractivity contribution is 5.93. The minimum atomic E-state index is -0.460. The summed E-state index contributed by atoms with van der Waals surface area (Å²) in [4.78, 5) is 27.1. The van der Waals surface area contributed by atoms with Crippen LogP contribution in [-0.2, 0) is 14.3 Å². The summed E-state index contributed by atoms with van der Waals surface area (Å²) in [5.41, 5.74) is 1.82. The highest BCUT2D eigenvalue weighted by Crippen LogP contribution is 2.47. The second-order valence-corrected chi connectivity index (χ2v) is 9.42. The van der Waals surface area contributed by atoms with E-state index < -0.39 is 6.10 Å². The fourth-order valence-electron chi connectivity index (χ4n) is 5.35. The van der Waals surface area contributed by atoms with Crippen LogP contribution in [0, 0.1) is 5.92 Å². The lowest BCUT2D eigenvalue weighted by atomic mass is 9.83. The molecule has 3 fully saturated rings. The molecule has 3 heterocycles. The number of amides is 2. The number of fused-ring (bicyclic) bond motifs is 3. The number of likely N-dealkylation sites (tertiary alicyclic amines) is 1. The number of aliphatic hydroxyl groups is 1. The minimum absolute atomic E-state index is 0.0422. The van der Waals surface area contributed by atoms with Crippen LogP contribution in [0.2, 0.25) is 0 Å². The first-order valence-electron chi connectivity index (χ1n) is 11.8. The Morgan fingerprint density at radius 1 is 1.13 bits per heavy atom. The number of rotatable bonds is 5. The number of carbonyl (C=O) groups excluding carboxylic acids is 2. The predicted molar refractivity (Wildman–Crippen MR) is 115 cm³/mol. The van der Waals surface area contributed by atoms with Gasteiger partial charge < -0.3 is 24.8 Å². The monoisotopic (exact) mass is 428 g/mol. The zero-order valence-corrected chi connectivity index (χ0v) is 17.9. The van der Waals surface area contributed by atoms with Crippen LogP contribution in [0.5, 0.6) is 5.75 Å². The quantitative estimate of drug-likeness (QED) is 0.753. The zero-order chi connectivity index (χ0) is 21.4. The second kappa shape index (κ2) is 8.79. The lowest BCUT2D eigenvalue weighted by molar-refractivity contribution is -0.149. The van der Waals surface area contributed by atoms with Crippen molar-refractivity contribution in [1.29, 1.82) is 0 Å². The van der Waals surface area contributed by atoms with Gasteiger partial charge in [0, 0.05) is 36.2 Å². The largest absolute Gasteiger partial charge is 0.487 e. The number of aliphatic hydroxyl groups excluding tert-OH is 1. The predicted octanol–water partition coefficient (Wildman–Crippen LogP) is 2.82.